The van der Waals surface area contributed by atoms with Gasteiger partial charge in [-0.05, 0) is 17.7 Å². The van der Waals surface area contributed by atoms with E-state index >= 15 is 0 Å². The van der Waals surface area contributed by atoms with Crippen molar-refractivity contribution in [3.63, 3.8) is 0 Å². The summed E-state index contributed by atoms with van der Waals surface area (Å²) in [6.07, 6.45) is 5.37. The second-order valence-corrected chi connectivity index (χ2v) is 6.45. The van der Waals surface area contributed by atoms with E-state index in [1.54, 1.807) is 41.3 Å². The van der Waals surface area contributed by atoms with Crippen LogP contribution >= 0.6 is 0 Å². The van der Waals surface area contributed by atoms with Gasteiger partial charge in [-0.2, -0.15) is 0 Å². The molecule has 4 amide bonds. The molecule has 0 atom stereocenters. The Balaban J connectivity index is 1.46. The minimum Gasteiger partial charge on any atom is -0.334 e. The van der Waals surface area contributed by atoms with Crippen molar-refractivity contribution < 1.29 is 9.59 Å². The Morgan fingerprint density at radius 3 is 2.31 bits per heavy atom. The molecular formula is C18H24N6O2. The van der Waals surface area contributed by atoms with Crippen LogP contribution in [0.4, 0.5) is 9.59 Å². The molecule has 2 aromatic rings. The zero-order valence-electron chi connectivity index (χ0n) is 15.1. The molecule has 1 aromatic carbocycles. The van der Waals surface area contributed by atoms with E-state index in [4.69, 9.17) is 0 Å². The van der Waals surface area contributed by atoms with E-state index < -0.39 is 0 Å². The summed E-state index contributed by atoms with van der Waals surface area (Å²) in [7, 11) is 3.47. The highest BCUT2D eigenvalue weighted by Crippen LogP contribution is 2.10. The van der Waals surface area contributed by atoms with Crippen molar-refractivity contribution in [3.8, 4) is 5.69 Å². The van der Waals surface area contributed by atoms with Gasteiger partial charge in [-0.1, -0.05) is 12.1 Å². The second kappa shape index (κ2) is 7.90. The molecule has 0 radical (unpaired) electrons. The molecule has 8 heteroatoms. The molecule has 0 saturated carbocycles. The maximum absolute atomic E-state index is 12.3. The van der Waals surface area contributed by atoms with Crippen LogP contribution in [0.2, 0.25) is 0 Å². The summed E-state index contributed by atoms with van der Waals surface area (Å²) in [5.41, 5.74) is 2.06. The first kappa shape index (κ1) is 17.8. The third-order valence-electron chi connectivity index (χ3n) is 4.40. The van der Waals surface area contributed by atoms with E-state index in [2.05, 4.69) is 10.3 Å². The first-order chi connectivity index (χ1) is 12.5. The number of hydrogen-bond acceptors (Lipinski definition) is 3. The molecule has 0 bridgehead atoms. The second-order valence-electron chi connectivity index (χ2n) is 6.45. The summed E-state index contributed by atoms with van der Waals surface area (Å²) in [5, 5.41) is 2.94. The number of rotatable bonds is 3. The number of hydrogen-bond donors (Lipinski definition) is 1. The lowest BCUT2D eigenvalue weighted by Gasteiger charge is -2.35. The van der Waals surface area contributed by atoms with Crippen LogP contribution in [-0.4, -0.2) is 76.6 Å². The van der Waals surface area contributed by atoms with E-state index in [-0.39, 0.29) is 12.1 Å². The van der Waals surface area contributed by atoms with E-state index in [9.17, 15) is 9.59 Å². The molecule has 2 heterocycles. The van der Waals surface area contributed by atoms with Crippen LogP contribution in [0.1, 0.15) is 5.56 Å². The number of carbonyl (C=O) groups is 2. The number of amides is 4. The van der Waals surface area contributed by atoms with Crippen LogP contribution in [-0.2, 0) is 6.54 Å². The number of benzene rings is 1. The fraction of sp³-hybridized carbons (Fsp3) is 0.389. The number of carbonyl (C=O) groups excluding carboxylic acids is 2. The van der Waals surface area contributed by atoms with Gasteiger partial charge < -0.3 is 24.6 Å². The number of aromatic nitrogens is 2. The maximum atomic E-state index is 12.3. The van der Waals surface area contributed by atoms with Gasteiger partial charge in [0.15, 0.2) is 0 Å². The molecule has 26 heavy (non-hydrogen) atoms. The van der Waals surface area contributed by atoms with Crippen molar-refractivity contribution in [1.82, 2.24) is 29.6 Å². The summed E-state index contributed by atoms with van der Waals surface area (Å²) in [5.74, 6) is 0. The summed E-state index contributed by atoms with van der Waals surface area (Å²) in [6, 6.07) is 7.86. The number of piperazine rings is 1. The van der Waals surface area contributed by atoms with E-state index in [1.165, 1.54) is 0 Å². The fourth-order valence-electron chi connectivity index (χ4n) is 2.87. The lowest BCUT2D eigenvalue weighted by atomic mass is 10.2. The topological polar surface area (TPSA) is 73.7 Å². The fourth-order valence-corrected chi connectivity index (χ4v) is 2.87. The lowest BCUT2D eigenvalue weighted by Crippen LogP contribution is -2.54. The highest BCUT2D eigenvalue weighted by Gasteiger charge is 2.24. The smallest absolute Gasteiger partial charge is 0.319 e. The Kier molecular flexibility index (Phi) is 5.40. The Morgan fingerprint density at radius 2 is 1.73 bits per heavy atom. The van der Waals surface area contributed by atoms with E-state index in [1.807, 2.05) is 35.0 Å². The largest absolute Gasteiger partial charge is 0.334 e. The van der Waals surface area contributed by atoms with Crippen LogP contribution in [0.5, 0.6) is 0 Å². The van der Waals surface area contributed by atoms with Gasteiger partial charge in [-0.3, -0.25) is 0 Å². The first-order valence-corrected chi connectivity index (χ1v) is 8.61. The van der Waals surface area contributed by atoms with Gasteiger partial charge in [0.1, 0.15) is 0 Å². The normalized spacial score (nSPS) is 14.2. The van der Waals surface area contributed by atoms with Crippen molar-refractivity contribution in [2.75, 3.05) is 40.3 Å². The van der Waals surface area contributed by atoms with Gasteiger partial charge in [0.25, 0.3) is 0 Å². The van der Waals surface area contributed by atoms with Crippen LogP contribution in [0.15, 0.2) is 43.0 Å². The molecule has 0 unspecified atom stereocenters. The Labute approximate surface area is 153 Å². The minimum absolute atomic E-state index is 0.0111. The number of nitrogens with one attached hydrogen (secondary N) is 1. The molecule has 1 aliphatic rings. The molecule has 8 nitrogen and oxygen atoms in total. The van der Waals surface area contributed by atoms with Gasteiger partial charge >= 0.3 is 12.1 Å². The first-order valence-electron chi connectivity index (χ1n) is 8.61. The zero-order chi connectivity index (χ0) is 18.5. The van der Waals surface area contributed by atoms with Crippen LogP contribution in [0, 0.1) is 0 Å². The Morgan fingerprint density at radius 1 is 1.08 bits per heavy atom. The Hall–Kier alpha value is -3.03. The number of nitrogens with zero attached hydrogens (tertiary/aromatic N) is 5. The summed E-state index contributed by atoms with van der Waals surface area (Å²) in [6.45, 7) is 2.68. The van der Waals surface area contributed by atoms with Gasteiger partial charge in [0, 0.05) is 64.9 Å². The SMILES string of the molecule is CN(C)C(=O)N1CCN(C(=O)NCc2ccc(-n3ccnc3)cc2)CC1. The Bertz CT molecular complexity index is 734. The molecular weight excluding hydrogens is 332 g/mol. The molecule has 1 aromatic heterocycles. The maximum Gasteiger partial charge on any atom is 0.319 e. The molecule has 0 spiro atoms. The average molecular weight is 356 g/mol. The van der Waals surface area contributed by atoms with Crippen LogP contribution < -0.4 is 5.32 Å². The van der Waals surface area contributed by atoms with Crippen molar-refractivity contribution >= 4 is 12.1 Å². The van der Waals surface area contributed by atoms with Gasteiger partial charge in [-0.15, -0.1) is 0 Å². The predicted octanol–water partition coefficient (Wildman–Crippen LogP) is 1.38. The van der Waals surface area contributed by atoms with E-state index in [0.29, 0.717) is 32.7 Å². The van der Waals surface area contributed by atoms with Crippen molar-refractivity contribution in [3.05, 3.63) is 48.5 Å². The van der Waals surface area contributed by atoms with Gasteiger partial charge in [-0.25, -0.2) is 14.6 Å². The highest BCUT2D eigenvalue weighted by molar-refractivity contribution is 5.76. The monoisotopic (exact) mass is 356 g/mol. The molecule has 1 aliphatic heterocycles. The van der Waals surface area contributed by atoms with Crippen molar-refractivity contribution in [2.24, 2.45) is 0 Å². The zero-order valence-corrected chi connectivity index (χ0v) is 15.1. The number of imidazole rings is 1. The van der Waals surface area contributed by atoms with Crippen LogP contribution in [0.3, 0.4) is 0 Å². The minimum atomic E-state index is -0.0966. The average Bonchev–Trinajstić information content (AvgIpc) is 3.20. The summed E-state index contributed by atoms with van der Waals surface area (Å²) < 4.78 is 1.93. The quantitative estimate of drug-likeness (QED) is 0.903. The van der Waals surface area contributed by atoms with Gasteiger partial charge in [0.2, 0.25) is 0 Å². The van der Waals surface area contributed by atoms with E-state index in [0.717, 1.165) is 11.3 Å². The molecule has 138 valence electrons. The summed E-state index contributed by atoms with van der Waals surface area (Å²) in [4.78, 5) is 33.4. The van der Waals surface area contributed by atoms with Crippen LogP contribution in [0.25, 0.3) is 5.69 Å². The highest BCUT2D eigenvalue weighted by atomic mass is 16.2. The standard InChI is InChI=1S/C18H24N6O2/c1-21(2)18(26)23-11-9-22(10-12-23)17(25)20-13-15-3-5-16(6-4-15)24-8-7-19-14-24/h3-8,14H,9-13H2,1-2H3,(H,20,25). The molecule has 1 fully saturated rings. The molecule has 1 saturated heterocycles. The predicted molar refractivity (Wildman–Crippen MR) is 98.0 cm³/mol. The number of urea groups is 2. The molecule has 3 rings (SSSR count). The molecule has 1 N–H and O–H groups in total. The third kappa shape index (κ3) is 4.14. The lowest BCUT2D eigenvalue weighted by molar-refractivity contribution is 0.128. The van der Waals surface area contributed by atoms with Gasteiger partial charge in [0.05, 0.1) is 6.33 Å². The van der Waals surface area contributed by atoms with Crippen molar-refractivity contribution in [2.45, 2.75) is 6.54 Å². The third-order valence-corrected chi connectivity index (χ3v) is 4.40. The summed E-state index contributed by atoms with van der Waals surface area (Å²) >= 11 is 0. The van der Waals surface area contributed by atoms with Crippen molar-refractivity contribution in [1.29, 1.82) is 0 Å². The molecule has 0 aliphatic carbocycles.